The van der Waals surface area contributed by atoms with Gasteiger partial charge in [0.2, 0.25) is 0 Å². The first-order chi connectivity index (χ1) is 8.97. The molecule has 1 aromatic carbocycles. The fourth-order valence-electron chi connectivity index (χ4n) is 1.39. The van der Waals surface area contributed by atoms with E-state index in [1.54, 1.807) is 24.3 Å². The molecule has 3 N–H and O–H groups in total. The molecule has 0 bridgehead atoms. The van der Waals surface area contributed by atoms with Crippen molar-refractivity contribution in [3.05, 3.63) is 50.0 Å². The second-order valence-corrected chi connectivity index (χ2v) is 5.82. The molecule has 19 heavy (non-hydrogen) atoms. The summed E-state index contributed by atoms with van der Waals surface area (Å²) in [5.74, 6) is 0.0819. The maximum atomic E-state index is 12.1. The lowest BCUT2D eigenvalue weighted by Gasteiger charge is -2.08. The molecule has 0 unspecified atom stereocenters. The maximum Gasteiger partial charge on any atom is 0.258 e. The molecular formula is C12H8Br2ClN3O. The number of nitrogen functional groups attached to an aromatic ring is 1. The highest BCUT2D eigenvalue weighted by Gasteiger charge is 2.13. The van der Waals surface area contributed by atoms with Crippen molar-refractivity contribution in [2.24, 2.45) is 0 Å². The quantitative estimate of drug-likeness (QED) is 0.791. The van der Waals surface area contributed by atoms with Crippen LogP contribution in [0.25, 0.3) is 0 Å². The fourth-order valence-corrected chi connectivity index (χ4v) is 2.46. The first-order valence-corrected chi connectivity index (χ1v) is 7.11. The summed E-state index contributed by atoms with van der Waals surface area (Å²) in [6.45, 7) is 0. The van der Waals surface area contributed by atoms with E-state index in [2.05, 4.69) is 42.2 Å². The minimum atomic E-state index is -0.313. The topological polar surface area (TPSA) is 68.0 Å². The smallest absolute Gasteiger partial charge is 0.258 e. The molecule has 0 spiro atoms. The highest BCUT2D eigenvalue weighted by Crippen LogP contribution is 2.25. The van der Waals surface area contributed by atoms with Crippen LogP contribution in [0.3, 0.4) is 0 Å². The van der Waals surface area contributed by atoms with Gasteiger partial charge in [0, 0.05) is 9.50 Å². The van der Waals surface area contributed by atoms with Gasteiger partial charge < -0.3 is 11.1 Å². The van der Waals surface area contributed by atoms with Crippen LogP contribution in [0.4, 0.5) is 11.5 Å². The van der Waals surface area contributed by atoms with Crippen molar-refractivity contribution in [1.82, 2.24) is 4.98 Å². The molecule has 2 rings (SSSR count). The van der Waals surface area contributed by atoms with Gasteiger partial charge >= 0.3 is 0 Å². The van der Waals surface area contributed by atoms with Crippen LogP contribution in [-0.2, 0) is 0 Å². The van der Waals surface area contributed by atoms with Crippen molar-refractivity contribution < 1.29 is 4.79 Å². The van der Waals surface area contributed by atoms with Crippen LogP contribution in [0, 0.1) is 0 Å². The molecule has 1 aromatic heterocycles. The van der Waals surface area contributed by atoms with Crippen LogP contribution in [0.15, 0.2) is 39.4 Å². The number of carbonyl (C=O) groups is 1. The van der Waals surface area contributed by atoms with E-state index < -0.39 is 0 Å². The molecule has 7 heteroatoms. The van der Waals surface area contributed by atoms with Gasteiger partial charge in [-0.1, -0.05) is 11.6 Å². The molecule has 0 atom stereocenters. The number of hydrogen-bond donors (Lipinski definition) is 2. The van der Waals surface area contributed by atoms with Crippen molar-refractivity contribution >= 4 is 60.9 Å². The molecule has 1 heterocycles. The van der Waals surface area contributed by atoms with Gasteiger partial charge in [0.25, 0.3) is 5.91 Å². The van der Waals surface area contributed by atoms with Crippen LogP contribution in [0.5, 0.6) is 0 Å². The number of nitrogens with two attached hydrogens (primary N) is 1. The van der Waals surface area contributed by atoms with Crippen molar-refractivity contribution in [3.63, 3.8) is 0 Å². The standard InChI is InChI=1S/C12H8Br2ClN3O/c13-9-2-1-6(15)3-8(9)12(19)18-11-10(14)4-7(16)5-17-11/h1-5H,16H2,(H,17,18,19). The van der Waals surface area contributed by atoms with E-state index in [-0.39, 0.29) is 5.91 Å². The zero-order chi connectivity index (χ0) is 14.0. The molecule has 4 nitrogen and oxygen atoms in total. The SMILES string of the molecule is Nc1cnc(NC(=O)c2cc(Cl)ccc2Br)c(Br)c1. The van der Waals surface area contributed by atoms with Crippen molar-refractivity contribution in [2.75, 3.05) is 11.1 Å². The van der Waals surface area contributed by atoms with Gasteiger partial charge in [-0.3, -0.25) is 4.79 Å². The van der Waals surface area contributed by atoms with Gasteiger partial charge in [0.15, 0.2) is 0 Å². The maximum absolute atomic E-state index is 12.1. The summed E-state index contributed by atoms with van der Waals surface area (Å²) in [4.78, 5) is 16.2. The lowest BCUT2D eigenvalue weighted by molar-refractivity contribution is 0.102. The van der Waals surface area contributed by atoms with E-state index in [4.69, 9.17) is 17.3 Å². The van der Waals surface area contributed by atoms with E-state index in [9.17, 15) is 4.79 Å². The highest BCUT2D eigenvalue weighted by molar-refractivity contribution is 9.11. The predicted octanol–water partition coefficient (Wildman–Crippen LogP) is 4.09. The van der Waals surface area contributed by atoms with Crippen molar-refractivity contribution in [1.29, 1.82) is 0 Å². The highest BCUT2D eigenvalue weighted by atomic mass is 79.9. The van der Waals surface area contributed by atoms with Gasteiger partial charge in [0.1, 0.15) is 5.82 Å². The Morgan fingerprint density at radius 3 is 2.68 bits per heavy atom. The van der Waals surface area contributed by atoms with E-state index in [0.29, 0.717) is 31.0 Å². The number of hydrogen-bond acceptors (Lipinski definition) is 3. The number of carbonyl (C=O) groups excluding carboxylic acids is 1. The number of pyridine rings is 1. The minimum Gasteiger partial charge on any atom is -0.397 e. The van der Waals surface area contributed by atoms with Crippen LogP contribution in [-0.4, -0.2) is 10.9 Å². The van der Waals surface area contributed by atoms with E-state index >= 15 is 0 Å². The molecular weight excluding hydrogens is 397 g/mol. The number of nitrogens with one attached hydrogen (secondary N) is 1. The number of halogens is 3. The molecule has 0 aliphatic carbocycles. The van der Waals surface area contributed by atoms with E-state index in [1.807, 2.05) is 0 Å². The minimum absolute atomic E-state index is 0.313. The lowest BCUT2D eigenvalue weighted by atomic mass is 10.2. The molecule has 2 aromatic rings. The normalized spacial score (nSPS) is 10.3. The summed E-state index contributed by atoms with van der Waals surface area (Å²) >= 11 is 12.5. The van der Waals surface area contributed by atoms with Gasteiger partial charge in [-0.25, -0.2) is 4.98 Å². The molecule has 1 amide bonds. The van der Waals surface area contributed by atoms with Gasteiger partial charge in [-0.15, -0.1) is 0 Å². The van der Waals surface area contributed by atoms with Crippen LogP contribution < -0.4 is 11.1 Å². The van der Waals surface area contributed by atoms with Gasteiger partial charge in [-0.05, 0) is 56.1 Å². The number of amides is 1. The third-order valence-electron chi connectivity index (χ3n) is 2.27. The summed E-state index contributed by atoms with van der Waals surface area (Å²) in [6, 6.07) is 6.64. The molecule has 0 saturated heterocycles. The van der Waals surface area contributed by atoms with E-state index in [1.165, 1.54) is 6.20 Å². The van der Waals surface area contributed by atoms with Gasteiger partial charge in [0.05, 0.1) is 21.9 Å². The summed E-state index contributed by atoms with van der Waals surface area (Å²) in [5, 5.41) is 3.16. The monoisotopic (exact) mass is 403 g/mol. The van der Waals surface area contributed by atoms with Gasteiger partial charge in [-0.2, -0.15) is 0 Å². The predicted molar refractivity (Wildman–Crippen MR) is 83.5 cm³/mol. The van der Waals surface area contributed by atoms with Crippen LogP contribution >= 0.6 is 43.5 Å². The second-order valence-electron chi connectivity index (χ2n) is 3.68. The molecule has 98 valence electrons. The number of nitrogens with zero attached hydrogens (tertiary/aromatic N) is 1. The Morgan fingerprint density at radius 1 is 1.26 bits per heavy atom. The Morgan fingerprint density at radius 2 is 2.00 bits per heavy atom. The Kier molecular flexibility index (Phi) is 4.44. The average molecular weight is 405 g/mol. The van der Waals surface area contributed by atoms with Crippen molar-refractivity contribution in [2.45, 2.75) is 0 Å². The second kappa shape index (κ2) is 5.90. The van der Waals surface area contributed by atoms with Crippen LogP contribution in [0.2, 0.25) is 5.02 Å². The largest absolute Gasteiger partial charge is 0.397 e. The van der Waals surface area contributed by atoms with Crippen molar-refractivity contribution in [3.8, 4) is 0 Å². The third kappa shape index (κ3) is 3.46. The molecule has 0 fully saturated rings. The fraction of sp³-hybridized carbons (Fsp3) is 0. The third-order valence-corrected chi connectivity index (χ3v) is 3.80. The summed E-state index contributed by atoms with van der Waals surface area (Å²) in [5.41, 5.74) is 6.52. The zero-order valence-electron chi connectivity index (χ0n) is 9.45. The Balaban J connectivity index is 2.28. The number of rotatable bonds is 2. The molecule has 0 aliphatic heterocycles. The number of aromatic nitrogens is 1. The first-order valence-electron chi connectivity index (χ1n) is 5.15. The molecule has 0 saturated carbocycles. The zero-order valence-corrected chi connectivity index (χ0v) is 13.4. The number of anilines is 2. The average Bonchev–Trinajstić information content (AvgIpc) is 2.35. The van der Waals surface area contributed by atoms with Crippen LogP contribution in [0.1, 0.15) is 10.4 Å². The molecule has 0 aliphatic rings. The van der Waals surface area contributed by atoms with E-state index in [0.717, 1.165) is 0 Å². The first kappa shape index (κ1) is 14.3. The summed E-state index contributed by atoms with van der Waals surface area (Å²) < 4.78 is 1.26. The summed E-state index contributed by atoms with van der Waals surface area (Å²) in [7, 11) is 0. The Hall–Kier alpha value is -1.11. The Bertz CT molecular complexity index is 649. The summed E-state index contributed by atoms with van der Waals surface area (Å²) in [6.07, 6.45) is 1.47. The molecule has 0 radical (unpaired) electrons. The Labute approximate surface area is 131 Å². The lowest BCUT2D eigenvalue weighted by Crippen LogP contribution is -2.14. The number of benzene rings is 1.